The van der Waals surface area contributed by atoms with Crippen molar-refractivity contribution in [1.29, 1.82) is 0 Å². The van der Waals surface area contributed by atoms with Crippen molar-refractivity contribution in [2.24, 2.45) is 0 Å². The Morgan fingerprint density at radius 2 is 1.48 bits per heavy atom. The van der Waals surface area contributed by atoms with Crippen LogP contribution in [-0.4, -0.2) is 18.4 Å². The zero-order valence-corrected chi connectivity index (χ0v) is 16.3. The fourth-order valence-corrected chi connectivity index (χ4v) is 4.94. The van der Waals surface area contributed by atoms with E-state index < -0.39 is 31.9 Å². The molecule has 0 amide bonds. The molecule has 0 radical (unpaired) electrons. The highest BCUT2D eigenvalue weighted by molar-refractivity contribution is 7.92. The number of H-pyrrole nitrogens is 2. The van der Waals surface area contributed by atoms with Gasteiger partial charge in [-0.3, -0.25) is 14.3 Å². The second kappa shape index (κ2) is 7.47. The summed E-state index contributed by atoms with van der Waals surface area (Å²) in [6, 6.07) is 8.98. The van der Waals surface area contributed by atoms with E-state index >= 15 is 0 Å². The molecule has 0 saturated heterocycles. The van der Waals surface area contributed by atoms with Crippen LogP contribution in [0, 0.1) is 5.82 Å². The summed E-state index contributed by atoms with van der Waals surface area (Å²) in [6.07, 6.45) is 5.92. The number of benzene rings is 2. The number of halogens is 1. The molecule has 1 aliphatic rings. The number of fused-ring (bicyclic) bond motifs is 1. The van der Waals surface area contributed by atoms with Gasteiger partial charge in [0.1, 0.15) is 10.7 Å². The van der Waals surface area contributed by atoms with Crippen LogP contribution in [0.4, 0.5) is 10.1 Å². The van der Waals surface area contributed by atoms with Gasteiger partial charge in [-0.05, 0) is 42.5 Å². The van der Waals surface area contributed by atoms with Gasteiger partial charge in [0.25, 0.3) is 10.0 Å². The van der Waals surface area contributed by atoms with E-state index in [2.05, 4.69) is 14.7 Å². The first-order chi connectivity index (χ1) is 13.8. The number of nitrogens with one attached hydrogen (secondary N) is 3. The van der Waals surface area contributed by atoms with E-state index in [0.717, 1.165) is 25.0 Å². The molecule has 1 aromatic heterocycles. The molecule has 9 heteroatoms. The number of anilines is 1. The Labute approximate surface area is 166 Å². The number of hydrogen-bond acceptors (Lipinski definition) is 4. The number of aromatic nitrogens is 2. The zero-order valence-electron chi connectivity index (χ0n) is 15.5. The summed E-state index contributed by atoms with van der Waals surface area (Å²) in [5, 5.41) is 0. The first kappa shape index (κ1) is 19.4. The molecule has 7 nitrogen and oxygen atoms in total. The van der Waals surface area contributed by atoms with E-state index in [4.69, 9.17) is 0 Å². The Balaban J connectivity index is 1.63. The van der Waals surface area contributed by atoms with E-state index in [0.29, 0.717) is 11.6 Å². The van der Waals surface area contributed by atoms with Crippen molar-refractivity contribution >= 4 is 26.7 Å². The molecule has 152 valence electrons. The Kier molecular flexibility index (Phi) is 4.99. The van der Waals surface area contributed by atoms with Crippen molar-refractivity contribution in [2.45, 2.75) is 42.9 Å². The molecule has 0 atom stereocenters. The highest BCUT2D eigenvalue weighted by Crippen LogP contribution is 2.33. The fourth-order valence-electron chi connectivity index (χ4n) is 3.79. The van der Waals surface area contributed by atoms with Gasteiger partial charge in [0, 0.05) is 11.8 Å². The van der Waals surface area contributed by atoms with Gasteiger partial charge >= 0.3 is 11.1 Å². The average Bonchev–Trinajstić information content (AvgIpc) is 2.70. The molecule has 29 heavy (non-hydrogen) atoms. The number of hydrogen-bond donors (Lipinski definition) is 3. The molecule has 0 spiro atoms. The highest BCUT2D eigenvalue weighted by Gasteiger charge is 2.21. The lowest BCUT2D eigenvalue weighted by molar-refractivity contribution is 0.443. The topological polar surface area (TPSA) is 112 Å². The first-order valence-electron chi connectivity index (χ1n) is 9.42. The minimum atomic E-state index is -4.24. The smallest absolute Gasteiger partial charge is 0.314 e. The summed E-state index contributed by atoms with van der Waals surface area (Å²) in [4.78, 5) is 26.7. The van der Waals surface area contributed by atoms with Crippen LogP contribution in [0.1, 0.15) is 43.6 Å². The van der Waals surface area contributed by atoms with Crippen molar-refractivity contribution in [2.75, 3.05) is 4.72 Å². The van der Waals surface area contributed by atoms with E-state index in [9.17, 15) is 22.4 Å². The second-order valence-electron chi connectivity index (χ2n) is 7.30. The third kappa shape index (κ3) is 3.95. The molecule has 1 heterocycles. The Morgan fingerprint density at radius 3 is 2.10 bits per heavy atom. The van der Waals surface area contributed by atoms with Crippen LogP contribution in [0.3, 0.4) is 0 Å². The van der Waals surface area contributed by atoms with Gasteiger partial charge in [-0.25, -0.2) is 12.8 Å². The summed E-state index contributed by atoms with van der Waals surface area (Å²) >= 11 is 0. The molecule has 1 fully saturated rings. The van der Waals surface area contributed by atoms with E-state index in [1.165, 1.54) is 24.8 Å². The van der Waals surface area contributed by atoms with Crippen molar-refractivity contribution in [3.63, 3.8) is 0 Å². The largest absolute Gasteiger partial charge is 0.316 e. The van der Waals surface area contributed by atoms with Crippen LogP contribution < -0.4 is 15.8 Å². The van der Waals surface area contributed by atoms with E-state index in [-0.39, 0.29) is 11.0 Å². The molecule has 3 N–H and O–H groups in total. The summed E-state index contributed by atoms with van der Waals surface area (Å²) in [5.41, 5.74) is -0.376. The van der Waals surface area contributed by atoms with Gasteiger partial charge in [-0.2, -0.15) is 0 Å². The molecule has 3 aromatic rings. The molecule has 0 aliphatic heterocycles. The van der Waals surface area contributed by atoms with Crippen LogP contribution in [0.2, 0.25) is 0 Å². The number of aromatic amines is 2. The van der Waals surface area contributed by atoms with Gasteiger partial charge in [0.15, 0.2) is 0 Å². The van der Waals surface area contributed by atoms with Crippen molar-refractivity contribution in [3.8, 4) is 0 Å². The third-order valence-corrected chi connectivity index (χ3v) is 6.70. The Hall–Kier alpha value is -2.94. The van der Waals surface area contributed by atoms with Crippen LogP contribution in [0.25, 0.3) is 11.0 Å². The van der Waals surface area contributed by atoms with Crippen LogP contribution in [-0.2, 0) is 10.0 Å². The number of sulfonamides is 1. The predicted molar refractivity (Wildman–Crippen MR) is 108 cm³/mol. The second-order valence-corrected chi connectivity index (χ2v) is 8.95. The first-order valence-corrected chi connectivity index (χ1v) is 10.9. The van der Waals surface area contributed by atoms with Crippen molar-refractivity contribution < 1.29 is 12.8 Å². The SMILES string of the molecule is O=c1[nH]c2cc(F)c(S(=O)(=O)Nc3ccc(C4CCCCC4)cc3)cc2[nH]c1=O. The summed E-state index contributed by atoms with van der Waals surface area (Å²) in [5.74, 6) is -0.544. The van der Waals surface area contributed by atoms with Gasteiger partial charge < -0.3 is 9.97 Å². The molecule has 0 bridgehead atoms. The van der Waals surface area contributed by atoms with Crippen LogP contribution in [0.15, 0.2) is 50.9 Å². The van der Waals surface area contributed by atoms with Crippen LogP contribution >= 0.6 is 0 Å². The predicted octanol–water partition coefficient (Wildman–Crippen LogP) is 3.20. The lowest BCUT2D eigenvalue weighted by atomic mass is 9.84. The number of rotatable bonds is 4. The molecule has 1 aliphatic carbocycles. The molecular formula is C20H20FN3O4S. The molecule has 4 rings (SSSR count). The maximum Gasteiger partial charge on any atom is 0.314 e. The zero-order chi connectivity index (χ0) is 20.6. The van der Waals surface area contributed by atoms with Gasteiger partial charge in [-0.1, -0.05) is 31.4 Å². The van der Waals surface area contributed by atoms with E-state index in [1.807, 2.05) is 12.1 Å². The summed E-state index contributed by atoms with van der Waals surface area (Å²) in [7, 11) is -4.24. The quantitative estimate of drug-likeness (QED) is 0.566. The van der Waals surface area contributed by atoms with Gasteiger partial charge in [-0.15, -0.1) is 0 Å². The van der Waals surface area contributed by atoms with Gasteiger partial charge in [0.05, 0.1) is 11.0 Å². The molecule has 1 saturated carbocycles. The normalized spacial score (nSPS) is 15.5. The van der Waals surface area contributed by atoms with Crippen LogP contribution in [0.5, 0.6) is 0 Å². The van der Waals surface area contributed by atoms with Crippen molar-refractivity contribution in [3.05, 3.63) is 68.5 Å². The standard InChI is InChI=1S/C20H20FN3O4S/c21-15-10-16-17(23-20(26)19(25)22-16)11-18(15)29(27,28)24-14-8-6-13(7-9-14)12-4-2-1-3-5-12/h6-12,24H,1-5H2,(H,22,25)(H,23,26). The Bertz CT molecular complexity index is 1270. The minimum absolute atomic E-state index is 0.00267. The maximum atomic E-state index is 14.4. The molecule has 2 aromatic carbocycles. The Morgan fingerprint density at radius 1 is 0.897 bits per heavy atom. The molecular weight excluding hydrogens is 397 g/mol. The fraction of sp³-hybridized carbons (Fsp3) is 0.300. The summed E-state index contributed by atoms with van der Waals surface area (Å²) < 4.78 is 42.2. The lowest BCUT2D eigenvalue weighted by Gasteiger charge is -2.22. The van der Waals surface area contributed by atoms with E-state index in [1.54, 1.807) is 12.1 Å². The van der Waals surface area contributed by atoms with Gasteiger partial charge in [0.2, 0.25) is 0 Å². The highest BCUT2D eigenvalue weighted by atomic mass is 32.2. The summed E-state index contributed by atoms with van der Waals surface area (Å²) in [6.45, 7) is 0. The minimum Gasteiger partial charge on any atom is -0.316 e. The third-order valence-electron chi connectivity index (χ3n) is 5.30. The molecule has 0 unspecified atom stereocenters. The monoisotopic (exact) mass is 417 g/mol. The maximum absolute atomic E-state index is 14.4. The van der Waals surface area contributed by atoms with Crippen molar-refractivity contribution in [1.82, 2.24) is 9.97 Å². The average molecular weight is 417 g/mol. The lowest BCUT2D eigenvalue weighted by Crippen LogP contribution is -2.29.